The van der Waals surface area contributed by atoms with E-state index < -0.39 is 0 Å². The van der Waals surface area contributed by atoms with Gasteiger partial charge < -0.3 is 5.32 Å². The number of aryl methyl sites for hydroxylation is 1. The number of carbonyl (C=O) groups excluding carboxylic acids is 1. The molecule has 2 aromatic carbocycles. The van der Waals surface area contributed by atoms with E-state index in [1.165, 1.54) is 17.3 Å². The minimum atomic E-state index is -0.0772. The van der Waals surface area contributed by atoms with E-state index in [0.29, 0.717) is 17.0 Å². The lowest BCUT2D eigenvalue weighted by Gasteiger charge is -2.06. The first-order valence-electron chi connectivity index (χ1n) is 6.17. The molecule has 2 aromatic rings. The van der Waals surface area contributed by atoms with Crippen molar-refractivity contribution in [2.75, 3.05) is 11.1 Å². The molecule has 0 aliphatic carbocycles. The van der Waals surface area contributed by atoms with Crippen LogP contribution in [0, 0.1) is 18.3 Å². The van der Waals surface area contributed by atoms with E-state index in [1.807, 2.05) is 37.3 Å². The molecule has 2 rings (SSSR count). The molecular weight excluding hydrogens is 268 g/mol. The van der Waals surface area contributed by atoms with E-state index >= 15 is 0 Å². The monoisotopic (exact) mass is 282 g/mol. The summed E-state index contributed by atoms with van der Waals surface area (Å²) in [6.07, 6.45) is 0. The Balaban J connectivity index is 1.91. The first kappa shape index (κ1) is 14.2. The highest BCUT2D eigenvalue weighted by Crippen LogP contribution is 2.19. The van der Waals surface area contributed by atoms with Crippen molar-refractivity contribution in [3.05, 3.63) is 59.7 Å². The molecule has 0 saturated carbocycles. The van der Waals surface area contributed by atoms with E-state index in [9.17, 15) is 4.79 Å². The highest BCUT2D eigenvalue weighted by atomic mass is 32.2. The van der Waals surface area contributed by atoms with Crippen LogP contribution in [0.4, 0.5) is 5.69 Å². The van der Waals surface area contributed by atoms with Gasteiger partial charge in [-0.15, -0.1) is 11.8 Å². The third kappa shape index (κ3) is 4.15. The van der Waals surface area contributed by atoms with Gasteiger partial charge in [-0.2, -0.15) is 5.26 Å². The molecule has 0 unspecified atom stereocenters. The van der Waals surface area contributed by atoms with Gasteiger partial charge in [-0.3, -0.25) is 4.79 Å². The fourth-order valence-electron chi connectivity index (χ4n) is 1.72. The second-order valence-electron chi connectivity index (χ2n) is 4.35. The molecule has 0 bridgehead atoms. The van der Waals surface area contributed by atoms with Crippen LogP contribution in [-0.4, -0.2) is 11.7 Å². The number of anilines is 1. The zero-order valence-electron chi connectivity index (χ0n) is 11.1. The van der Waals surface area contributed by atoms with Crippen molar-refractivity contribution in [3.63, 3.8) is 0 Å². The van der Waals surface area contributed by atoms with Gasteiger partial charge in [-0.25, -0.2) is 0 Å². The molecule has 3 nitrogen and oxygen atoms in total. The second kappa shape index (κ2) is 6.78. The number of carbonyl (C=O) groups is 1. The average Bonchev–Trinajstić information content (AvgIpc) is 2.45. The topological polar surface area (TPSA) is 52.9 Å². The van der Waals surface area contributed by atoms with Crippen molar-refractivity contribution in [2.45, 2.75) is 11.8 Å². The number of benzene rings is 2. The lowest BCUT2D eigenvalue weighted by Crippen LogP contribution is -2.13. The molecule has 0 fully saturated rings. The first-order chi connectivity index (χ1) is 9.67. The van der Waals surface area contributed by atoms with E-state index in [2.05, 4.69) is 5.32 Å². The molecule has 4 heteroatoms. The van der Waals surface area contributed by atoms with Gasteiger partial charge in [-0.05, 0) is 37.3 Å². The minimum absolute atomic E-state index is 0.0772. The summed E-state index contributed by atoms with van der Waals surface area (Å²) in [6.45, 7) is 2.03. The number of rotatable bonds is 4. The smallest absolute Gasteiger partial charge is 0.234 e. The molecule has 20 heavy (non-hydrogen) atoms. The Labute approximate surface area is 122 Å². The summed E-state index contributed by atoms with van der Waals surface area (Å²) in [7, 11) is 0. The summed E-state index contributed by atoms with van der Waals surface area (Å²) in [5, 5.41) is 11.6. The van der Waals surface area contributed by atoms with Crippen molar-refractivity contribution in [2.24, 2.45) is 0 Å². The Hall–Kier alpha value is -2.25. The zero-order valence-corrected chi connectivity index (χ0v) is 11.9. The fraction of sp³-hybridized carbons (Fsp3) is 0.125. The van der Waals surface area contributed by atoms with Crippen LogP contribution in [-0.2, 0) is 4.79 Å². The maximum absolute atomic E-state index is 11.9. The zero-order chi connectivity index (χ0) is 14.4. The fourth-order valence-corrected chi connectivity index (χ4v) is 2.53. The van der Waals surface area contributed by atoms with Crippen LogP contribution >= 0.6 is 11.8 Å². The Morgan fingerprint density at radius 1 is 1.25 bits per heavy atom. The van der Waals surface area contributed by atoms with Crippen LogP contribution < -0.4 is 5.32 Å². The van der Waals surface area contributed by atoms with Gasteiger partial charge in [0.05, 0.1) is 17.4 Å². The molecule has 0 heterocycles. The Morgan fingerprint density at radius 2 is 2.05 bits per heavy atom. The van der Waals surface area contributed by atoms with Crippen molar-refractivity contribution in [3.8, 4) is 6.07 Å². The number of nitrogens with one attached hydrogen (secondary N) is 1. The van der Waals surface area contributed by atoms with Gasteiger partial charge in [0, 0.05) is 10.6 Å². The predicted octanol–water partition coefficient (Wildman–Crippen LogP) is 3.60. The van der Waals surface area contributed by atoms with Gasteiger partial charge in [0.2, 0.25) is 5.91 Å². The largest absolute Gasteiger partial charge is 0.325 e. The van der Waals surface area contributed by atoms with Crippen LogP contribution in [0.1, 0.15) is 11.1 Å². The van der Waals surface area contributed by atoms with Gasteiger partial charge in [0.1, 0.15) is 0 Å². The molecule has 1 N–H and O–H groups in total. The maximum atomic E-state index is 11.9. The van der Waals surface area contributed by atoms with Crippen LogP contribution in [0.25, 0.3) is 0 Å². The third-order valence-corrected chi connectivity index (χ3v) is 3.63. The molecule has 100 valence electrons. The first-order valence-corrected chi connectivity index (χ1v) is 7.15. The number of amides is 1. The molecule has 0 aromatic heterocycles. The molecular formula is C16H14N2OS. The lowest BCUT2D eigenvalue weighted by atomic mass is 10.2. The standard InChI is InChI=1S/C16H14N2OS/c1-12-4-2-7-15(8-12)20-11-16(19)18-14-6-3-5-13(9-14)10-17/h2-9H,11H2,1H3,(H,18,19). The van der Waals surface area contributed by atoms with Crippen molar-refractivity contribution in [1.82, 2.24) is 0 Å². The summed E-state index contributed by atoms with van der Waals surface area (Å²) in [4.78, 5) is 12.9. The van der Waals surface area contributed by atoms with Gasteiger partial charge in [0.25, 0.3) is 0 Å². The Kier molecular flexibility index (Phi) is 4.80. The summed E-state index contributed by atoms with van der Waals surface area (Å²) < 4.78 is 0. The molecule has 0 aliphatic heterocycles. The van der Waals surface area contributed by atoms with E-state index in [4.69, 9.17) is 5.26 Å². The van der Waals surface area contributed by atoms with E-state index in [-0.39, 0.29) is 5.91 Å². The summed E-state index contributed by atoms with van der Waals surface area (Å²) in [6, 6.07) is 17.0. The van der Waals surface area contributed by atoms with Crippen molar-refractivity contribution in [1.29, 1.82) is 5.26 Å². The number of hydrogen-bond acceptors (Lipinski definition) is 3. The SMILES string of the molecule is Cc1cccc(SCC(=O)Nc2cccc(C#N)c2)c1. The molecule has 0 radical (unpaired) electrons. The van der Waals surface area contributed by atoms with Crippen LogP contribution in [0.2, 0.25) is 0 Å². The van der Waals surface area contributed by atoms with Crippen LogP contribution in [0.15, 0.2) is 53.4 Å². The van der Waals surface area contributed by atoms with Crippen LogP contribution in [0.3, 0.4) is 0 Å². The minimum Gasteiger partial charge on any atom is -0.325 e. The molecule has 0 atom stereocenters. The summed E-state index contributed by atoms with van der Waals surface area (Å²) in [5.74, 6) is 0.270. The highest BCUT2D eigenvalue weighted by Gasteiger charge is 2.04. The van der Waals surface area contributed by atoms with Gasteiger partial charge >= 0.3 is 0 Å². The molecule has 0 spiro atoms. The maximum Gasteiger partial charge on any atom is 0.234 e. The third-order valence-electron chi connectivity index (χ3n) is 2.63. The predicted molar refractivity (Wildman–Crippen MR) is 81.7 cm³/mol. The van der Waals surface area contributed by atoms with E-state index in [0.717, 1.165) is 4.90 Å². The second-order valence-corrected chi connectivity index (χ2v) is 5.39. The van der Waals surface area contributed by atoms with Crippen molar-refractivity contribution < 1.29 is 4.79 Å². The van der Waals surface area contributed by atoms with Gasteiger partial charge in [0.15, 0.2) is 0 Å². The average molecular weight is 282 g/mol. The molecule has 0 saturated heterocycles. The number of nitrogens with zero attached hydrogens (tertiary/aromatic N) is 1. The number of thioether (sulfide) groups is 1. The summed E-state index contributed by atoms with van der Waals surface area (Å²) in [5.41, 5.74) is 2.37. The Morgan fingerprint density at radius 3 is 2.80 bits per heavy atom. The molecule has 0 aliphatic rings. The highest BCUT2D eigenvalue weighted by molar-refractivity contribution is 8.00. The van der Waals surface area contributed by atoms with E-state index in [1.54, 1.807) is 24.3 Å². The van der Waals surface area contributed by atoms with Crippen LogP contribution in [0.5, 0.6) is 0 Å². The normalized spacial score (nSPS) is 9.80. The van der Waals surface area contributed by atoms with Crippen molar-refractivity contribution >= 4 is 23.4 Å². The molecule has 1 amide bonds. The number of hydrogen-bond donors (Lipinski definition) is 1. The lowest BCUT2D eigenvalue weighted by molar-refractivity contribution is -0.113. The number of nitriles is 1. The summed E-state index contributed by atoms with van der Waals surface area (Å²) >= 11 is 1.49. The quantitative estimate of drug-likeness (QED) is 0.872. The van der Waals surface area contributed by atoms with Gasteiger partial charge in [-0.1, -0.05) is 23.8 Å². The Bertz CT molecular complexity index is 662.